The maximum absolute atomic E-state index is 12.7. The molecule has 0 radical (unpaired) electrons. The Kier molecular flexibility index (Phi) is 5.39. The molecule has 1 aromatic heterocycles. The second kappa shape index (κ2) is 7.75. The number of para-hydroxylation sites is 1. The topological polar surface area (TPSA) is 74.0 Å². The van der Waals surface area contributed by atoms with Crippen LogP contribution in [0, 0.1) is 0 Å². The van der Waals surface area contributed by atoms with E-state index in [9.17, 15) is 22.8 Å². The van der Waals surface area contributed by atoms with Gasteiger partial charge in [-0.05, 0) is 17.2 Å². The van der Waals surface area contributed by atoms with Gasteiger partial charge in [-0.2, -0.15) is 13.2 Å². The number of aromatic amines is 1. The van der Waals surface area contributed by atoms with Crippen LogP contribution in [0.3, 0.4) is 0 Å². The van der Waals surface area contributed by atoms with Crippen LogP contribution in [0.4, 0.5) is 13.2 Å². The predicted molar refractivity (Wildman–Crippen MR) is 99.5 cm³/mol. The van der Waals surface area contributed by atoms with E-state index in [0.29, 0.717) is 11.3 Å². The Morgan fingerprint density at radius 3 is 2.32 bits per heavy atom. The lowest BCUT2D eigenvalue weighted by Gasteiger charge is -2.19. The van der Waals surface area contributed by atoms with Crippen molar-refractivity contribution in [3.05, 3.63) is 60.2 Å². The molecule has 0 saturated heterocycles. The Balaban J connectivity index is 2.05. The number of carbonyl (C=O) groups excluding carboxylic acids is 2. The van der Waals surface area contributed by atoms with E-state index in [4.69, 9.17) is 0 Å². The third-order valence-corrected chi connectivity index (χ3v) is 4.41. The lowest BCUT2D eigenvalue weighted by molar-refractivity contribution is -0.174. The molecule has 0 unspecified atom stereocenters. The summed E-state index contributed by atoms with van der Waals surface area (Å²) >= 11 is 0. The van der Waals surface area contributed by atoms with E-state index in [-0.39, 0.29) is 6.42 Å². The van der Waals surface area contributed by atoms with Gasteiger partial charge in [0.25, 0.3) is 0 Å². The number of benzene rings is 2. The van der Waals surface area contributed by atoms with Crippen molar-refractivity contribution in [1.82, 2.24) is 15.6 Å². The number of halogens is 3. The molecule has 2 amide bonds. The van der Waals surface area contributed by atoms with Crippen LogP contribution in [0.2, 0.25) is 0 Å². The van der Waals surface area contributed by atoms with Crippen LogP contribution in [0.25, 0.3) is 22.2 Å². The summed E-state index contributed by atoms with van der Waals surface area (Å²) in [7, 11) is 1.31. The number of amides is 2. The molecule has 0 aliphatic carbocycles. The maximum Gasteiger partial charge on any atom is 0.471 e. The summed E-state index contributed by atoms with van der Waals surface area (Å²) in [4.78, 5) is 26.9. The number of carbonyl (C=O) groups is 2. The molecule has 0 spiro atoms. The summed E-state index contributed by atoms with van der Waals surface area (Å²) in [5, 5.41) is 4.88. The molecule has 0 bridgehead atoms. The fraction of sp³-hybridized carbons (Fsp3) is 0.200. The molecule has 1 atom stereocenters. The molecular weight excluding hydrogens is 371 g/mol. The first-order valence-corrected chi connectivity index (χ1v) is 8.55. The molecule has 8 heteroatoms. The van der Waals surface area contributed by atoms with Crippen molar-refractivity contribution < 1.29 is 22.8 Å². The molecule has 0 aliphatic heterocycles. The number of hydrogen-bond acceptors (Lipinski definition) is 2. The van der Waals surface area contributed by atoms with Crippen molar-refractivity contribution in [2.24, 2.45) is 0 Å². The van der Waals surface area contributed by atoms with Crippen molar-refractivity contribution in [3.8, 4) is 11.3 Å². The fourth-order valence-corrected chi connectivity index (χ4v) is 3.09. The molecule has 0 saturated carbocycles. The van der Waals surface area contributed by atoms with E-state index in [1.54, 1.807) is 11.4 Å². The van der Waals surface area contributed by atoms with Crippen molar-refractivity contribution in [2.45, 2.75) is 18.6 Å². The Bertz CT molecular complexity index is 997. The van der Waals surface area contributed by atoms with Crippen molar-refractivity contribution >= 4 is 22.7 Å². The second-order valence-corrected chi connectivity index (χ2v) is 6.23. The highest BCUT2D eigenvalue weighted by Gasteiger charge is 2.41. The average molecular weight is 389 g/mol. The second-order valence-electron chi connectivity index (χ2n) is 6.23. The summed E-state index contributed by atoms with van der Waals surface area (Å²) in [6, 6.07) is 15.2. The van der Waals surface area contributed by atoms with Crippen molar-refractivity contribution in [2.75, 3.05) is 7.05 Å². The van der Waals surface area contributed by atoms with Crippen molar-refractivity contribution in [1.29, 1.82) is 0 Å². The zero-order valence-electron chi connectivity index (χ0n) is 14.9. The highest BCUT2D eigenvalue weighted by Crippen LogP contribution is 2.31. The zero-order valence-corrected chi connectivity index (χ0v) is 14.9. The van der Waals surface area contributed by atoms with Gasteiger partial charge in [0, 0.05) is 30.1 Å². The summed E-state index contributed by atoms with van der Waals surface area (Å²) in [5.74, 6) is -2.86. The molecular formula is C20H18F3N3O2. The van der Waals surface area contributed by atoms with Gasteiger partial charge in [0.05, 0.1) is 0 Å². The Hall–Kier alpha value is -3.29. The largest absolute Gasteiger partial charge is 0.471 e. The number of aromatic nitrogens is 1. The van der Waals surface area contributed by atoms with Gasteiger partial charge in [-0.3, -0.25) is 9.59 Å². The normalized spacial score (nSPS) is 12.6. The van der Waals surface area contributed by atoms with E-state index in [1.807, 2.05) is 48.5 Å². The number of fused-ring (bicyclic) bond motifs is 1. The third kappa shape index (κ3) is 4.00. The van der Waals surface area contributed by atoms with Gasteiger partial charge < -0.3 is 15.6 Å². The van der Waals surface area contributed by atoms with Crippen LogP contribution >= 0.6 is 0 Å². The molecule has 5 nitrogen and oxygen atoms in total. The highest BCUT2D eigenvalue weighted by atomic mass is 19.4. The molecule has 146 valence electrons. The number of nitrogens with one attached hydrogen (secondary N) is 3. The minimum atomic E-state index is -5.07. The van der Waals surface area contributed by atoms with Gasteiger partial charge in [-0.25, -0.2) is 0 Å². The van der Waals surface area contributed by atoms with E-state index in [0.717, 1.165) is 16.5 Å². The van der Waals surface area contributed by atoms with Crippen LogP contribution in [0.5, 0.6) is 0 Å². The van der Waals surface area contributed by atoms with Crippen LogP contribution in [0.15, 0.2) is 54.6 Å². The molecule has 0 aliphatic rings. The highest BCUT2D eigenvalue weighted by molar-refractivity contribution is 5.94. The minimum Gasteiger partial charge on any atom is -0.357 e. The maximum atomic E-state index is 12.7. The Morgan fingerprint density at radius 1 is 1.04 bits per heavy atom. The lowest BCUT2D eigenvalue weighted by atomic mass is 9.98. The van der Waals surface area contributed by atoms with Gasteiger partial charge in [0.15, 0.2) is 0 Å². The van der Waals surface area contributed by atoms with Crippen LogP contribution in [0.1, 0.15) is 5.56 Å². The Labute approximate surface area is 158 Å². The Morgan fingerprint density at radius 2 is 1.68 bits per heavy atom. The van der Waals surface area contributed by atoms with Gasteiger partial charge in [-0.1, -0.05) is 48.5 Å². The quantitative estimate of drug-likeness (QED) is 0.627. The van der Waals surface area contributed by atoms with E-state index < -0.39 is 24.0 Å². The lowest BCUT2D eigenvalue weighted by Crippen LogP contribution is -2.51. The van der Waals surface area contributed by atoms with Crippen LogP contribution < -0.4 is 10.6 Å². The van der Waals surface area contributed by atoms with E-state index >= 15 is 0 Å². The standard InChI is InChI=1S/C20H18F3N3O2/c1-24-18(27)16(26-19(28)20(21,22)23)11-14-13-9-5-6-10-15(13)25-17(14)12-7-3-2-4-8-12/h2-10,16,25H,11H2,1H3,(H,24,27)(H,26,28)/t16-/m1/s1. The zero-order chi connectivity index (χ0) is 20.3. The first-order chi connectivity index (χ1) is 13.3. The van der Waals surface area contributed by atoms with Gasteiger partial charge >= 0.3 is 12.1 Å². The molecule has 3 aromatic rings. The van der Waals surface area contributed by atoms with Gasteiger partial charge in [0.1, 0.15) is 6.04 Å². The average Bonchev–Trinajstić information content (AvgIpc) is 3.05. The fourth-order valence-electron chi connectivity index (χ4n) is 3.09. The molecule has 0 fully saturated rings. The van der Waals surface area contributed by atoms with E-state index in [2.05, 4.69) is 10.3 Å². The first kappa shape index (κ1) is 19.5. The molecule has 1 heterocycles. The summed E-state index contributed by atoms with van der Waals surface area (Å²) in [5.41, 5.74) is 2.95. The monoisotopic (exact) mass is 389 g/mol. The van der Waals surface area contributed by atoms with E-state index in [1.165, 1.54) is 7.05 Å². The molecule has 2 aromatic carbocycles. The number of rotatable bonds is 5. The molecule has 3 rings (SSSR count). The predicted octanol–water partition coefficient (Wildman–Crippen LogP) is 3.17. The van der Waals surface area contributed by atoms with Crippen LogP contribution in [-0.2, 0) is 16.0 Å². The summed E-state index contributed by atoms with van der Waals surface area (Å²) in [6.45, 7) is 0. The summed E-state index contributed by atoms with van der Waals surface area (Å²) in [6.07, 6.45) is -5.18. The number of hydrogen-bond donors (Lipinski definition) is 3. The number of likely N-dealkylation sites (N-methyl/N-ethyl adjacent to an activating group) is 1. The minimum absolute atomic E-state index is 0.101. The van der Waals surface area contributed by atoms with Gasteiger partial charge in [-0.15, -0.1) is 0 Å². The third-order valence-electron chi connectivity index (χ3n) is 4.41. The SMILES string of the molecule is CNC(=O)[C@@H](Cc1c(-c2ccccc2)[nH]c2ccccc12)NC(=O)C(F)(F)F. The number of H-pyrrole nitrogens is 1. The smallest absolute Gasteiger partial charge is 0.357 e. The molecule has 3 N–H and O–H groups in total. The number of alkyl halides is 3. The van der Waals surface area contributed by atoms with Crippen LogP contribution in [-0.4, -0.2) is 36.1 Å². The summed E-state index contributed by atoms with van der Waals surface area (Å²) < 4.78 is 38.1. The molecule has 28 heavy (non-hydrogen) atoms. The van der Waals surface area contributed by atoms with Crippen molar-refractivity contribution in [3.63, 3.8) is 0 Å². The van der Waals surface area contributed by atoms with Gasteiger partial charge in [0.2, 0.25) is 5.91 Å². The first-order valence-electron chi connectivity index (χ1n) is 8.55.